The van der Waals surface area contributed by atoms with Gasteiger partial charge in [-0.25, -0.2) is 0 Å². The number of carbonyl (C=O) groups is 2. The predicted molar refractivity (Wildman–Crippen MR) is 96.1 cm³/mol. The van der Waals surface area contributed by atoms with Gasteiger partial charge in [0.1, 0.15) is 5.76 Å². The summed E-state index contributed by atoms with van der Waals surface area (Å²) in [4.78, 5) is 25.9. The van der Waals surface area contributed by atoms with Gasteiger partial charge in [0.2, 0.25) is 11.8 Å². The van der Waals surface area contributed by atoms with Crippen LogP contribution in [0.4, 0.5) is 11.4 Å². The lowest BCUT2D eigenvalue weighted by Gasteiger charge is -2.30. The summed E-state index contributed by atoms with van der Waals surface area (Å²) in [6.07, 6.45) is 3.35. The molecule has 1 aromatic heterocycles. The Morgan fingerprint density at radius 3 is 2.48 bits per heavy atom. The summed E-state index contributed by atoms with van der Waals surface area (Å²) in [5.41, 5.74) is 1.38. The molecule has 2 aromatic rings. The Hall–Kier alpha value is -2.60. The Bertz CT molecular complexity index is 719. The van der Waals surface area contributed by atoms with Crippen LogP contribution >= 0.6 is 0 Å². The third kappa shape index (κ3) is 4.93. The van der Waals surface area contributed by atoms with Gasteiger partial charge in [-0.3, -0.25) is 14.5 Å². The minimum absolute atomic E-state index is 0.0114. The van der Waals surface area contributed by atoms with E-state index < -0.39 is 0 Å². The van der Waals surface area contributed by atoms with E-state index in [0.29, 0.717) is 11.4 Å². The summed E-state index contributed by atoms with van der Waals surface area (Å²) in [6.45, 7) is 4.01. The van der Waals surface area contributed by atoms with Crippen LogP contribution in [0.25, 0.3) is 0 Å². The maximum Gasteiger partial charge on any atom is 0.227 e. The first-order valence-electron chi connectivity index (χ1n) is 8.53. The molecule has 1 fully saturated rings. The zero-order valence-corrected chi connectivity index (χ0v) is 14.3. The van der Waals surface area contributed by atoms with Crippen LogP contribution in [0.3, 0.4) is 0 Å². The number of carbonyl (C=O) groups excluding carboxylic acids is 2. The van der Waals surface area contributed by atoms with Crippen LogP contribution in [-0.2, 0) is 16.1 Å². The summed E-state index contributed by atoms with van der Waals surface area (Å²) in [5.74, 6) is 0.875. The highest BCUT2D eigenvalue weighted by Gasteiger charge is 2.25. The van der Waals surface area contributed by atoms with E-state index in [1.165, 1.54) is 6.92 Å². The molecule has 6 heteroatoms. The van der Waals surface area contributed by atoms with E-state index >= 15 is 0 Å². The Balaban J connectivity index is 1.50. The standard InChI is InChI=1S/C19H23N3O3/c1-14(23)20-16-4-2-5-17(12-16)21-19(24)15-7-9-22(10-8-15)13-18-6-3-11-25-18/h2-6,11-12,15H,7-10,13H2,1H3,(H,20,23)(H,21,24). The molecule has 0 aliphatic carbocycles. The molecule has 0 spiro atoms. The fourth-order valence-electron chi connectivity index (χ4n) is 3.10. The average Bonchev–Trinajstić information content (AvgIpc) is 3.08. The van der Waals surface area contributed by atoms with Crippen LogP contribution in [0.1, 0.15) is 25.5 Å². The summed E-state index contributed by atoms with van der Waals surface area (Å²) in [5, 5.41) is 5.68. The second kappa shape index (κ2) is 7.98. The van der Waals surface area contributed by atoms with Crippen LogP contribution in [0.2, 0.25) is 0 Å². The fourth-order valence-corrected chi connectivity index (χ4v) is 3.10. The molecule has 1 saturated heterocycles. The summed E-state index contributed by atoms with van der Waals surface area (Å²) in [7, 11) is 0. The lowest BCUT2D eigenvalue weighted by molar-refractivity contribution is -0.121. The van der Waals surface area contributed by atoms with Gasteiger partial charge in [-0.05, 0) is 56.3 Å². The number of furan rings is 1. The smallest absolute Gasteiger partial charge is 0.227 e. The van der Waals surface area contributed by atoms with Crippen molar-refractivity contribution in [2.75, 3.05) is 23.7 Å². The van der Waals surface area contributed by atoms with Crippen molar-refractivity contribution in [1.82, 2.24) is 4.90 Å². The number of likely N-dealkylation sites (tertiary alicyclic amines) is 1. The molecule has 2 amide bonds. The van der Waals surface area contributed by atoms with E-state index in [1.807, 2.05) is 24.3 Å². The van der Waals surface area contributed by atoms with Crippen molar-refractivity contribution in [3.8, 4) is 0 Å². The Morgan fingerprint density at radius 2 is 1.84 bits per heavy atom. The van der Waals surface area contributed by atoms with Gasteiger partial charge >= 0.3 is 0 Å². The molecule has 0 saturated carbocycles. The van der Waals surface area contributed by atoms with Crippen LogP contribution in [0, 0.1) is 5.92 Å². The number of hydrogen-bond donors (Lipinski definition) is 2. The normalized spacial score (nSPS) is 15.7. The highest BCUT2D eigenvalue weighted by atomic mass is 16.3. The number of rotatable bonds is 5. The number of amides is 2. The molecule has 25 heavy (non-hydrogen) atoms. The lowest BCUT2D eigenvalue weighted by Crippen LogP contribution is -2.37. The third-order valence-corrected chi connectivity index (χ3v) is 4.37. The van der Waals surface area contributed by atoms with E-state index in [1.54, 1.807) is 18.4 Å². The molecular weight excluding hydrogens is 318 g/mol. The summed E-state index contributed by atoms with van der Waals surface area (Å²) >= 11 is 0. The van der Waals surface area contributed by atoms with Gasteiger partial charge in [-0.1, -0.05) is 6.07 Å². The van der Waals surface area contributed by atoms with Gasteiger partial charge < -0.3 is 15.1 Å². The third-order valence-electron chi connectivity index (χ3n) is 4.37. The van der Waals surface area contributed by atoms with Crippen molar-refractivity contribution in [3.05, 3.63) is 48.4 Å². The van der Waals surface area contributed by atoms with E-state index in [4.69, 9.17) is 4.42 Å². The molecule has 1 aromatic carbocycles. The number of piperidine rings is 1. The van der Waals surface area contributed by atoms with Crippen LogP contribution in [0.5, 0.6) is 0 Å². The molecule has 3 rings (SSSR count). The quantitative estimate of drug-likeness (QED) is 0.876. The summed E-state index contributed by atoms with van der Waals surface area (Å²) < 4.78 is 5.38. The van der Waals surface area contributed by atoms with E-state index in [-0.39, 0.29) is 17.7 Å². The second-order valence-corrected chi connectivity index (χ2v) is 6.38. The fraction of sp³-hybridized carbons (Fsp3) is 0.368. The number of nitrogens with zero attached hydrogens (tertiary/aromatic N) is 1. The molecule has 2 N–H and O–H groups in total. The maximum absolute atomic E-state index is 12.5. The lowest BCUT2D eigenvalue weighted by atomic mass is 9.95. The molecule has 2 heterocycles. The highest BCUT2D eigenvalue weighted by molar-refractivity contribution is 5.94. The molecule has 0 radical (unpaired) electrons. The van der Waals surface area contributed by atoms with Gasteiger partial charge in [0.25, 0.3) is 0 Å². The molecule has 0 bridgehead atoms. The maximum atomic E-state index is 12.5. The van der Waals surface area contributed by atoms with Gasteiger partial charge in [-0.15, -0.1) is 0 Å². The second-order valence-electron chi connectivity index (χ2n) is 6.38. The van der Waals surface area contributed by atoms with Gasteiger partial charge in [0.05, 0.1) is 12.8 Å². The molecule has 0 unspecified atom stereocenters. The topological polar surface area (TPSA) is 74.6 Å². The van der Waals surface area contributed by atoms with Crippen molar-refractivity contribution < 1.29 is 14.0 Å². The van der Waals surface area contributed by atoms with Crippen LogP contribution in [0.15, 0.2) is 47.1 Å². The predicted octanol–water partition coefficient (Wildman–Crippen LogP) is 3.09. The minimum Gasteiger partial charge on any atom is -0.468 e. The molecular formula is C19H23N3O3. The Kier molecular flexibility index (Phi) is 5.50. The molecule has 132 valence electrons. The Labute approximate surface area is 147 Å². The molecule has 6 nitrogen and oxygen atoms in total. The molecule has 1 aliphatic heterocycles. The zero-order valence-electron chi connectivity index (χ0n) is 14.3. The minimum atomic E-state index is -0.132. The van der Waals surface area contributed by atoms with Crippen molar-refractivity contribution in [1.29, 1.82) is 0 Å². The van der Waals surface area contributed by atoms with Crippen molar-refractivity contribution in [2.24, 2.45) is 5.92 Å². The molecule has 1 aliphatic rings. The molecule has 0 atom stereocenters. The first kappa shape index (κ1) is 17.2. The number of hydrogen-bond acceptors (Lipinski definition) is 4. The van der Waals surface area contributed by atoms with Gasteiger partial charge in [-0.2, -0.15) is 0 Å². The largest absolute Gasteiger partial charge is 0.468 e. The van der Waals surface area contributed by atoms with Crippen LogP contribution in [-0.4, -0.2) is 29.8 Å². The van der Waals surface area contributed by atoms with Crippen molar-refractivity contribution in [2.45, 2.75) is 26.3 Å². The number of anilines is 2. The Morgan fingerprint density at radius 1 is 1.12 bits per heavy atom. The van der Waals surface area contributed by atoms with Crippen LogP contribution < -0.4 is 10.6 Å². The van der Waals surface area contributed by atoms with Gasteiger partial charge in [0, 0.05) is 24.2 Å². The van der Waals surface area contributed by atoms with Gasteiger partial charge in [0.15, 0.2) is 0 Å². The van der Waals surface area contributed by atoms with Crippen molar-refractivity contribution in [3.63, 3.8) is 0 Å². The monoisotopic (exact) mass is 341 g/mol. The van der Waals surface area contributed by atoms with E-state index in [0.717, 1.165) is 38.2 Å². The first-order chi connectivity index (χ1) is 12.1. The van der Waals surface area contributed by atoms with Crippen molar-refractivity contribution >= 4 is 23.2 Å². The number of benzene rings is 1. The van der Waals surface area contributed by atoms with E-state index in [2.05, 4.69) is 15.5 Å². The summed E-state index contributed by atoms with van der Waals surface area (Å²) in [6, 6.07) is 11.1. The SMILES string of the molecule is CC(=O)Nc1cccc(NC(=O)C2CCN(Cc3ccco3)CC2)c1. The highest BCUT2D eigenvalue weighted by Crippen LogP contribution is 2.22. The average molecular weight is 341 g/mol. The number of nitrogens with one attached hydrogen (secondary N) is 2. The first-order valence-corrected chi connectivity index (χ1v) is 8.53. The van der Waals surface area contributed by atoms with E-state index in [9.17, 15) is 9.59 Å². The zero-order chi connectivity index (χ0) is 17.6.